The number of hydrogen-bond donors (Lipinski definition) is 0. The Balaban J connectivity index is 1.59. The molecule has 2 fully saturated rings. The van der Waals surface area contributed by atoms with Crippen LogP contribution in [-0.2, 0) is 10.5 Å². The SMILES string of the molecule is O=C(c1nn(C2CCCCC2)c2c1CSc1sccc1-2)N1CCOCC1. The molecule has 138 valence electrons. The van der Waals surface area contributed by atoms with Crippen molar-refractivity contribution in [3.05, 3.63) is 22.7 Å². The number of carbonyl (C=O) groups is 1. The lowest BCUT2D eigenvalue weighted by atomic mass is 9.95. The standard InChI is InChI=1S/C19H23N3O2S2/c23-18(21-7-9-24-10-8-21)16-15-12-26-19-14(6-11-25-19)17(15)22(20-16)13-4-2-1-3-5-13/h6,11,13H,1-5,7-10,12H2. The van der Waals surface area contributed by atoms with E-state index >= 15 is 0 Å². The lowest BCUT2D eigenvalue weighted by Gasteiger charge is -2.26. The van der Waals surface area contributed by atoms with Crippen LogP contribution in [-0.4, -0.2) is 46.9 Å². The lowest BCUT2D eigenvalue weighted by molar-refractivity contribution is 0.0297. The van der Waals surface area contributed by atoms with Crippen molar-refractivity contribution in [2.75, 3.05) is 26.3 Å². The van der Waals surface area contributed by atoms with Crippen LogP contribution in [0.15, 0.2) is 15.7 Å². The molecule has 0 spiro atoms. The van der Waals surface area contributed by atoms with Gasteiger partial charge >= 0.3 is 0 Å². The van der Waals surface area contributed by atoms with Gasteiger partial charge in [0.05, 0.1) is 29.2 Å². The molecule has 1 saturated carbocycles. The maximum absolute atomic E-state index is 13.2. The minimum atomic E-state index is 0.0818. The number of rotatable bonds is 2. The summed E-state index contributed by atoms with van der Waals surface area (Å²) in [6, 6.07) is 2.63. The van der Waals surface area contributed by atoms with E-state index in [1.54, 1.807) is 11.3 Å². The molecule has 1 saturated heterocycles. The molecular weight excluding hydrogens is 366 g/mol. The van der Waals surface area contributed by atoms with Gasteiger partial charge in [-0.15, -0.1) is 23.1 Å². The highest BCUT2D eigenvalue weighted by Gasteiger charge is 2.34. The van der Waals surface area contributed by atoms with E-state index in [9.17, 15) is 4.79 Å². The molecule has 2 aromatic rings. The van der Waals surface area contributed by atoms with E-state index in [-0.39, 0.29) is 5.91 Å². The van der Waals surface area contributed by atoms with Crippen LogP contribution in [0.5, 0.6) is 0 Å². The predicted molar refractivity (Wildman–Crippen MR) is 104 cm³/mol. The minimum Gasteiger partial charge on any atom is -0.378 e. The number of aromatic nitrogens is 2. The van der Waals surface area contributed by atoms with Crippen LogP contribution in [0.25, 0.3) is 11.3 Å². The van der Waals surface area contributed by atoms with Gasteiger partial charge in [0.15, 0.2) is 5.69 Å². The van der Waals surface area contributed by atoms with E-state index < -0.39 is 0 Å². The fourth-order valence-electron chi connectivity index (χ4n) is 4.29. The number of nitrogens with zero attached hydrogens (tertiary/aromatic N) is 3. The van der Waals surface area contributed by atoms with E-state index in [1.165, 1.54) is 47.6 Å². The highest BCUT2D eigenvalue weighted by atomic mass is 32.2. The molecule has 0 unspecified atom stereocenters. The molecule has 5 nitrogen and oxygen atoms in total. The number of thioether (sulfide) groups is 1. The monoisotopic (exact) mass is 389 g/mol. The van der Waals surface area contributed by atoms with Crippen molar-refractivity contribution >= 4 is 29.0 Å². The van der Waals surface area contributed by atoms with Crippen LogP contribution >= 0.6 is 23.1 Å². The van der Waals surface area contributed by atoms with Crippen LogP contribution in [0, 0.1) is 0 Å². The van der Waals surface area contributed by atoms with Crippen molar-refractivity contribution in [3.8, 4) is 11.3 Å². The number of fused-ring (bicyclic) bond motifs is 3. The molecule has 0 aromatic carbocycles. The van der Waals surface area contributed by atoms with Crippen LogP contribution in [0.1, 0.15) is 54.2 Å². The maximum Gasteiger partial charge on any atom is 0.274 e. The van der Waals surface area contributed by atoms with Gasteiger partial charge in [0.2, 0.25) is 0 Å². The summed E-state index contributed by atoms with van der Waals surface area (Å²) in [6.45, 7) is 2.59. The number of thiophene rings is 1. The summed E-state index contributed by atoms with van der Waals surface area (Å²) in [5, 5.41) is 7.11. The third kappa shape index (κ3) is 2.80. The molecule has 0 N–H and O–H groups in total. The van der Waals surface area contributed by atoms with Crippen molar-refractivity contribution in [2.24, 2.45) is 0 Å². The summed E-state index contributed by atoms with van der Waals surface area (Å²) in [6.07, 6.45) is 6.19. The second-order valence-electron chi connectivity index (χ2n) is 7.23. The first-order valence-corrected chi connectivity index (χ1v) is 11.4. The van der Waals surface area contributed by atoms with Crippen LogP contribution < -0.4 is 0 Å². The second kappa shape index (κ2) is 7.02. The van der Waals surface area contributed by atoms with Gasteiger partial charge in [-0.3, -0.25) is 9.48 Å². The quantitative estimate of drug-likeness (QED) is 0.772. The molecule has 2 aliphatic heterocycles. The van der Waals surface area contributed by atoms with E-state index in [2.05, 4.69) is 16.1 Å². The summed E-state index contributed by atoms with van der Waals surface area (Å²) in [5.41, 5.74) is 4.31. The maximum atomic E-state index is 13.2. The average Bonchev–Trinajstić information content (AvgIpc) is 3.33. The first kappa shape index (κ1) is 16.8. The van der Waals surface area contributed by atoms with Crippen LogP contribution in [0.2, 0.25) is 0 Å². The summed E-state index contributed by atoms with van der Waals surface area (Å²) < 4.78 is 8.99. The van der Waals surface area contributed by atoms with Gasteiger partial charge < -0.3 is 9.64 Å². The van der Waals surface area contributed by atoms with Gasteiger partial charge in [0, 0.05) is 30.0 Å². The van der Waals surface area contributed by atoms with Crippen molar-refractivity contribution in [2.45, 2.75) is 48.1 Å². The molecule has 2 aromatic heterocycles. The first-order chi connectivity index (χ1) is 12.8. The van der Waals surface area contributed by atoms with Crippen LogP contribution in [0.3, 0.4) is 0 Å². The molecule has 0 atom stereocenters. The Kier molecular flexibility index (Phi) is 4.54. The summed E-state index contributed by atoms with van der Waals surface area (Å²) >= 11 is 3.65. The van der Waals surface area contributed by atoms with Gasteiger partial charge in [-0.25, -0.2) is 0 Å². The summed E-state index contributed by atoms with van der Waals surface area (Å²) in [7, 11) is 0. The summed E-state index contributed by atoms with van der Waals surface area (Å²) in [4.78, 5) is 15.1. The van der Waals surface area contributed by atoms with Crippen molar-refractivity contribution in [1.29, 1.82) is 0 Å². The zero-order valence-corrected chi connectivity index (χ0v) is 16.4. The Morgan fingerprint density at radius 2 is 2.00 bits per heavy atom. The number of carbonyl (C=O) groups excluding carboxylic acids is 1. The topological polar surface area (TPSA) is 47.4 Å². The van der Waals surface area contributed by atoms with Gasteiger partial charge in [0.1, 0.15) is 0 Å². The molecule has 0 radical (unpaired) electrons. The van der Waals surface area contributed by atoms with Gasteiger partial charge in [-0.2, -0.15) is 5.10 Å². The summed E-state index contributed by atoms with van der Waals surface area (Å²) in [5.74, 6) is 0.930. The third-order valence-corrected chi connectivity index (χ3v) is 7.93. The van der Waals surface area contributed by atoms with Gasteiger partial charge in [0.25, 0.3) is 5.91 Å². The van der Waals surface area contributed by atoms with E-state index in [0.29, 0.717) is 38.0 Å². The van der Waals surface area contributed by atoms with Crippen LogP contribution in [0.4, 0.5) is 0 Å². The largest absolute Gasteiger partial charge is 0.378 e. The normalized spacial score (nSPS) is 20.7. The number of morpholine rings is 1. The predicted octanol–water partition coefficient (Wildman–Crippen LogP) is 4.19. The molecule has 1 aliphatic carbocycles. The fraction of sp³-hybridized carbons (Fsp3) is 0.579. The number of hydrogen-bond acceptors (Lipinski definition) is 5. The molecule has 5 rings (SSSR count). The van der Waals surface area contributed by atoms with Gasteiger partial charge in [-0.05, 0) is 24.3 Å². The molecule has 0 bridgehead atoms. The molecule has 3 aliphatic rings. The molecule has 26 heavy (non-hydrogen) atoms. The van der Waals surface area contributed by atoms with Crippen molar-refractivity contribution in [3.63, 3.8) is 0 Å². The van der Waals surface area contributed by atoms with E-state index in [1.807, 2.05) is 16.7 Å². The number of amides is 1. The molecule has 7 heteroatoms. The smallest absolute Gasteiger partial charge is 0.274 e. The third-order valence-electron chi connectivity index (χ3n) is 5.66. The van der Waals surface area contributed by atoms with E-state index in [4.69, 9.17) is 9.84 Å². The van der Waals surface area contributed by atoms with Crippen molar-refractivity contribution in [1.82, 2.24) is 14.7 Å². The first-order valence-electron chi connectivity index (χ1n) is 9.52. The van der Waals surface area contributed by atoms with Gasteiger partial charge in [-0.1, -0.05) is 19.3 Å². The zero-order valence-electron chi connectivity index (χ0n) is 14.8. The average molecular weight is 390 g/mol. The highest BCUT2D eigenvalue weighted by molar-refractivity contribution is 8.00. The Hall–Kier alpha value is -1.31. The second-order valence-corrected chi connectivity index (χ2v) is 9.39. The molecular formula is C19H23N3O2S2. The highest BCUT2D eigenvalue weighted by Crippen LogP contribution is 2.47. The Morgan fingerprint density at radius 3 is 2.81 bits per heavy atom. The molecule has 4 heterocycles. The Labute approximate surface area is 161 Å². The van der Waals surface area contributed by atoms with E-state index in [0.717, 1.165) is 11.3 Å². The Morgan fingerprint density at radius 1 is 1.19 bits per heavy atom. The lowest BCUT2D eigenvalue weighted by Crippen LogP contribution is -2.41. The van der Waals surface area contributed by atoms with Crippen molar-refractivity contribution < 1.29 is 9.53 Å². The Bertz CT molecular complexity index is 817. The fourth-order valence-corrected chi connectivity index (χ4v) is 6.39. The molecule has 1 amide bonds. The zero-order chi connectivity index (χ0) is 17.5. The number of ether oxygens (including phenoxy) is 1. The minimum absolute atomic E-state index is 0.0818.